The fraction of sp³-hybridized carbons (Fsp3) is 0.429. The first-order valence-corrected chi connectivity index (χ1v) is 7.96. The minimum atomic E-state index is -3.75. The van der Waals surface area contributed by atoms with E-state index >= 15 is 0 Å². The van der Waals surface area contributed by atoms with Gasteiger partial charge in [-0.1, -0.05) is 0 Å². The first-order valence-electron chi connectivity index (χ1n) is 6.48. The highest BCUT2D eigenvalue weighted by Gasteiger charge is 2.21. The molecule has 0 fully saturated rings. The lowest BCUT2D eigenvalue weighted by Crippen LogP contribution is -2.25. The zero-order valence-electron chi connectivity index (χ0n) is 12.0. The molecule has 1 aromatic rings. The molecule has 0 saturated heterocycles. The summed E-state index contributed by atoms with van der Waals surface area (Å²) in [6, 6.07) is 2.53. The molecule has 0 aliphatic rings. The highest BCUT2D eigenvalue weighted by atomic mass is 32.2. The van der Waals surface area contributed by atoms with E-state index in [1.165, 1.54) is 6.07 Å². The van der Waals surface area contributed by atoms with Gasteiger partial charge in [0.15, 0.2) is 0 Å². The Labute approximate surface area is 124 Å². The van der Waals surface area contributed by atoms with Crippen LogP contribution in [0.2, 0.25) is 0 Å². The van der Waals surface area contributed by atoms with Gasteiger partial charge in [0.1, 0.15) is 0 Å². The van der Waals surface area contributed by atoms with Crippen molar-refractivity contribution >= 4 is 15.7 Å². The molecular weight excluding hydrogens is 292 g/mol. The SMILES string of the molecule is C#CCCCCNS(=O)(=O)c1cc(C)c(C)c([N+](=O)[O-])c1. The van der Waals surface area contributed by atoms with Crippen LogP contribution in [-0.2, 0) is 10.0 Å². The minimum absolute atomic E-state index is 0.0887. The standard InChI is InChI=1S/C14H18N2O4S/c1-4-5-6-7-8-15-21(19,20)13-9-11(2)12(3)14(10-13)16(17)18/h1,9-10,15H,5-8H2,2-3H3. The Kier molecular flexibility index (Phi) is 5.88. The molecule has 0 aliphatic carbocycles. The third kappa shape index (κ3) is 4.55. The fourth-order valence-electron chi connectivity index (χ4n) is 1.80. The molecule has 0 aromatic heterocycles. The smallest absolute Gasteiger partial charge is 0.258 e. The van der Waals surface area contributed by atoms with Gasteiger partial charge in [-0.25, -0.2) is 13.1 Å². The highest BCUT2D eigenvalue weighted by Crippen LogP contribution is 2.25. The van der Waals surface area contributed by atoms with E-state index in [-0.39, 0.29) is 17.1 Å². The molecule has 21 heavy (non-hydrogen) atoms. The van der Waals surface area contributed by atoms with E-state index in [4.69, 9.17) is 6.42 Å². The normalized spacial score (nSPS) is 11.1. The largest absolute Gasteiger partial charge is 0.273 e. The number of nitrogens with one attached hydrogen (secondary N) is 1. The second-order valence-corrected chi connectivity index (χ2v) is 6.47. The fourth-order valence-corrected chi connectivity index (χ4v) is 2.97. The molecule has 0 aliphatic heterocycles. The van der Waals surface area contributed by atoms with Crippen LogP contribution in [-0.4, -0.2) is 19.9 Å². The summed E-state index contributed by atoms with van der Waals surface area (Å²) in [6.45, 7) is 3.50. The van der Waals surface area contributed by atoms with E-state index < -0.39 is 14.9 Å². The van der Waals surface area contributed by atoms with Crippen molar-refractivity contribution in [2.45, 2.75) is 38.0 Å². The highest BCUT2D eigenvalue weighted by molar-refractivity contribution is 7.89. The van der Waals surface area contributed by atoms with E-state index in [2.05, 4.69) is 10.6 Å². The summed E-state index contributed by atoms with van der Waals surface area (Å²) in [7, 11) is -3.75. The maximum Gasteiger partial charge on any atom is 0.273 e. The summed E-state index contributed by atoms with van der Waals surface area (Å²) >= 11 is 0. The molecule has 1 rings (SSSR count). The zero-order chi connectivity index (χ0) is 16.0. The molecule has 0 spiro atoms. The van der Waals surface area contributed by atoms with Crippen LogP contribution in [0.25, 0.3) is 0 Å². The number of terminal acetylenes is 1. The van der Waals surface area contributed by atoms with Crippen molar-refractivity contribution in [2.24, 2.45) is 0 Å². The summed E-state index contributed by atoms with van der Waals surface area (Å²) in [5.41, 5.74) is 0.840. The molecule has 1 aromatic carbocycles. The number of sulfonamides is 1. The lowest BCUT2D eigenvalue weighted by atomic mass is 10.1. The third-order valence-electron chi connectivity index (χ3n) is 3.16. The van der Waals surface area contributed by atoms with Crippen molar-refractivity contribution in [3.63, 3.8) is 0 Å². The van der Waals surface area contributed by atoms with Crippen LogP contribution < -0.4 is 4.72 Å². The van der Waals surface area contributed by atoms with Crippen LogP contribution in [0.4, 0.5) is 5.69 Å². The van der Waals surface area contributed by atoms with Crippen molar-refractivity contribution < 1.29 is 13.3 Å². The molecule has 0 unspecified atom stereocenters. The summed E-state index contributed by atoms with van der Waals surface area (Å²) in [5, 5.41) is 11.0. The van der Waals surface area contributed by atoms with Crippen LogP contribution in [0.3, 0.4) is 0 Å². The van der Waals surface area contributed by atoms with Gasteiger partial charge in [0, 0.05) is 24.6 Å². The maximum atomic E-state index is 12.1. The number of nitrogens with zero attached hydrogens (tertiary/aromatic N) is 1. The van der Waals surface area contributed by atoms with Gasteiger partial charge in [-0.2, -0.15) is 0 Å². The van der Waals surface area contributed by atoms with Gasteiger partial charge in [0.2, 0.25) is 10.0 Å². The molecule has 7 heteroatoms. The Morgan fingerprint density at radius 3 is 2.57 bits per heavy atom. The first kappa shape index (κ1) is 17.1. The van der Waals surface area contributed by atoms with E-state index in [0.717, 1.165) is 12.5 Å². The molecule has 0 saturated carbocycles. The Bertz CT molecular complexity index is 675. The van der Waals surface area contributed by atoms with Crippen molar-refractivity contribution in [3.05, 3.63) is 33.4 Å². The molecule has 0 bridgehead atoms. The number of hydrogen-bond donors (Lipinski definition) is 1. The predicted molar refractivity (Wildman–Crippen MR) is 80.4 cm³/mol. The topological polar surface area (TPSA) is 89.3 Å². The first-order chi connectivity index (χ1) is 9.79. The summed E-state index contributed by atoms with van der Waals surface area (Å²) in [6.07, 6.45) is 7.05. The molecule has 0 amide bonds. The zero-order valence-corrected chi connectivity index (χ0v) is 12.9. The summed E-state index contributed by atoms with van der Waals surface area (Å²) in [4.78, 5) is 10.3. The Morgan fingerprint density at radius 2 is 2.00 bits per heavy atom. The number of nitro groups is 1. The molecule has 0 atom stereocenters. The summed E-state index contributed by atoms with van der Waals surface area (Å²) < 4.78 is 26.7. The quantitative estimate of drug-likeness (QED) is 0.362. The van der Waals surface area contributed by atoms with Crippen LogP contribution in [0, 0.1) is 36.3 Å². The number of aryl methyl sites for hydroxylation is 1. The van der Waals surface area contributed by atoms with Gasteiger partial charge in [0.25, 0.3) is 5.69 Å². The van der Waals surface area contributed by atoms with Gasteiger partial charge >= 0.3 is 0 Å². The van der Waals surface area contributed by atoms with Crippen molar-refractivity contribution in [1.29, 1.82) is 0 Å². The van der Waals surface area contributed by atoms with E-state index in [1.807, 2.05) is 0 Å². The molecule has 1 N–H and O–H groups in total. The van der Waals surface area contributed by atoms with E-state index in [1.54, 1.807) is 13.8 Å². The van der Waals surface area contributed by atoms with Crippen molar-refractivity contribution in [1.82, 2.24) is 4.72 Å². The lowest BCUT2D eigenvalue weighted by Gasteiger charge is -2.09. The Morgan fingerprint density at radius 1 is 1.33 bits per heavy atom. The lowest BCUT2D eigenvalue weighted by molar-refractivity contribution is -0.385. The van der Waals surface area contributed by atoms with Gasteiger partial charge in [0.05, 0.1) is 9.82 Å². The Hall–Kier alpha value is -1.91. The molecule has 0 heterocycles. The van der Waals surface area contributed by atoms with E-state index in [0.29, 0.717) is 24.0 Å². The summed E-state index contributed by atoms with van der Waals surface area (Å²) in [5.74, 6) is 2.48. The van der Waals surface area contributed by atoms with Gasteiger partial charge in [-0.3, -0.25) is 10.1 Å². The average Bonchev–Trinajstić information content (AvgIpc) is 2.40. The number of rotatable bonds is 7. The molecular formula is C14H18N2O4S. The minimum Gasteiger partial charge on any atom is -0.258 e. The Balaban J connectivity index is 2.94. The van der Waals surface area contributed by atoms with Crippen molar-refractivity contribution in [3.8, 4) is 12.3 Å². The second kappa shape index (κ2) is 7.20. The second-order valence-electron chi connectivity index (χ2n) is 4.70. The van der Waals surface area contributed by atoms with Gasteiger partial charge in [-0.05, 0) is 38.3 Å². The number of benzene rings is 1. The van der Waals surface area contributed by atoms with Crippen LogP contribution in [0.1, 0.15) is 30.4 Å². The van der Waals surface area contributed by atoms with Gasteiger partial charge < -0.3 is 0 Å². The molecule has 0 radical (unpaired) electrons. The maximum absolute atomic E-state index is 12.1. The number of unbranched alkanes of at least 4 members (excludes halogenated alkanes) is 2. The molecule has 6 nitrogen and oxygen atoms in total. The average molecular weight is 310 g/mol. The van der Waals surface area contributed by atoms with Gasteiger partial charge in [-0.15, -0.1) is 12.3 Å². The number of hydrogen-bond acceptors (Lipinski definition) is 4. The van der Waals surface area contributed by atoms with Crippen molar-refractivity contribution in [2.75, 3.05) is 6.54 Å². The van der Waals surface area contributed by atoms with Crippen LogP contribution in [0.5, 0.6) is 0 Å². The van der Waals surface area contributed by atoms with Crippen LogP contribution in [0.15, 0.2) is 17.0 Å². The third-order valence-corrected chi connectivity index (χ3v) is 4.60. The molecule has 114 valence electrons. The monoisotopic (exact) mass is 310 g/mol. The van der Waals surface area contributed by atoms with E-state index in [9.17, 15) is 18.5 Å². The van der Waals surface area contributed by atoms with Crippen LogP contribution >= 0.6 is 0 Å². The number of nitro benzene ring substituents is 1. The predicted octanol–water partition coefficient (Wildman–Crippen LogP) is 2.29.